The quantitative estimate of drug-likeness (QED) is 0.749. The van der Waals surface area contributed by atoms with Crippen LogP contribution in [0.25, 0.3) is 0 Å². The molecule has 0 aliphatic rings. The van der Waals surface area contributed by atoms with Crippen molar-refractivity contribution in [1.29, 1.82) is 0 Å². The number of para-hydroxylation sites is 1. The van der Waals surface area contributed by atoms with Crippen molar-refractivity contribution in [3.63, 3.8) is 0 Å². The normalized spacial score (nSPS) is 11.4. The molecule has 0 aliphatic heterocycles. The summed E-state index contributed by atoms with van der Waals surface area (Å²) in [6, 6.07) is 14.8. The van der Waals surface area contributed by atoms with Gasteiger partial charge in [0.25, 0.3) is 11.5 Å². The minimum Gasteiger partial charge on any atom is -0.322 e. The van der Waals surface area contributed by atoms with Gasteiger partial charge in [-0.25, -0.2) is 9.18 Å². The van der Waals surface area contributed by atoms with Crippen molar-refractivity contribution in [3.8, 4) is 0 Å². The number of halogens is 2. The van der Waals surface area contributed by atoms with Gasteiger partial charge < -0.3 is 16.0 Å². The Kier molecular flexibility index (Phi) is 5.32. The molecule has 3 amide bonds. The van der Waals surface area contributed by atoms with Gasteiger partial charge in [-0.3, -0.25) is 4.79 Å². The summed E-state index contributed by atoms with van der Waals surface area (Å²) in [5, 5.41) is 7.54. The third-order valence-corrected chi connectivity index (χ3v) is 2.82. The Hall–Kier alpha value is -2.60. The van der Waals surface area contributed by atoms with Gasteiger partial charge >= 0.3 is 6.03 Å². The van der Waals surface area contributed by atoms with Crippen molar-refractivity contribution in [3.05, 3.63) is 54.6 Å². The van der Waals surface area contributed by atoms with Gasteiger partial charge in [0, 0.05) is 17.1 Å². The number of amides is 3. The van der Waals surface area contributed by atoms with Crippen LogP contribution in [-0.4, -0.2) is 17.6 Å². The van der Waals surface area contributed by atoms with Gasteiger partial charge in [-0.2, -0.15) is 0 Å². The maximum absolute atomic E-state index is 12.6. The predicted octanol–water partition coefficient (Wildman–Crippen LogP) is 3.80. The van der Waals surface area contributed by atoms with E-state index in [4.69, 9.17) is 11.6 Å². The number of hydrogen-bond acceptors (Lipinski definition) is 2. The third kappa shape index (κ3) is 4.75. The van der Waals surface area contributed by atoms with Crippen molar-refractivity contribution >= 4 is 40.6 Å². The van der Waals surface area contributed by atoms with Crippen molar-refractivity contribution in [2.24, 2.45) is 0 Å². The fourth-order valence-corrected chi connectivity index (χ4v) is 1.74. The molecule has 2 rings (SSSR count). The SMILES string of the molecule is O=C(Nc1ccccc1)Nc1cccc(NC(=O)C(F)Cl)c1. The van der Waals surface area contributed by atoms with Crippen LogP contribution >= 0.6 is 11.6 Å². The maximum Gasteiger partial charge on any atom is 0.323 e. The summed E-state index contributed by atoms with van der Waals surface area (Å²) in [6.07, 6.45) is 0. The molecule has 1 unspecified atom stereocenters. The number of nitrogens with one attached hydrogen (secondary N) is 3. The number of carbonyl (C=O) groups excluding carboxylic acids is 2. The lowest BCUT2D eigenvalue weighted by Crippen LogP contribution is -2.21. The summed E-state index contributed by atoms with van der Waals surface area (Å²) >= 11 is 5.03. The Morgan fingerprint density at radius 2 is 1.41 bits per heavy atom. The van der Waals surface area contributed by atoms with Crippen LogP contribution in [-0.2, 0) is 4.79 Å². The zero-order valence-electron chi connectivity index (χ0n) is 11.3. The van der Waals surface area contributed by atoms with E-state index in [9.17, 15) is 14.0 Å². The summed E-state index contributed by atoms with van der Waals surface area (Å²) < 4.78 is 12.6. The van der Waals surface area contributed by atoms with Crippen LogP contribution in [0.2, 0.25) is 0 Å². The Bertz CT molecular complexity index is 665. The summed E-state index contributed by atoms with van der Waals surface area (Å²) in [4.78, 5) is 23.0. The topological polar surface area (TPSA) is 70.2 Å². The summed E-state index contributed by atoms with van der Waals surface area (Å²) in [6.45, 7) is 0. The molecule has 0 spiro atoms. The molecule has 0 heterocycles. The van der Waals surface area contributed by atoms with Crippen LogP contribution in [0, 0.1) is 0 Å². The van der Waals surface area contributed by atoms with Gasteiger partial charge in [-0.1, -0.05) is 35.9 Å². The van der Waals surface area contributed by atoms with E-state index in [1.54, 1.807) is 42.5 Å². The molecule has 0 saturated heterocycles. The Labute approximate surface area is 131 Å². The number of hydrogen-bond donors (Lipinski definition) is 3. The van der Waals surface area contributed by atoms with Crippen LogP contribution in [0.3, 0.4) is 0 Å². The molecular formula is C15H13ClFN3O2. The molecule has 0 bridgehead atoms. The zero-order valence-corrected chi connectivity index (χ0v) is 12.1. The molecule has 2 aromatic rings. The Balaban J connectivity index is 1.98. The van der Waals surface area contributed by atoms with Crippen molar-refractivity contribution in [2.45, 2.75) is 5.63 Å². The molecule has 5 nitrogen and oxygen atoms in total. The molecule has 0 aromatic heterocycles. The van der Waals surface area contributed by atoms with Crippen molar-refractivity contribution < 1.29 is 14.0 Å². The first-order valence-electron chi connectivity index (χ1n) is 6.37. The molecule has 0 aliphatic carbocycles. The van der Waals surface area contributed by atoms with E-state index in [2.05, 4.69) is 16.0 Å². The molecule has 0 radical (unpaired) electrons. The van der Waals surface area contributed by atoms with Gasteiger partial charge in [0.15, 0.2) is 0 Å². The van der Waals surface area contributed by atoms with Gasteiger partial charge in [-0.15, -0.1) is 0 Å². The Morgan fingerprint density at radius 1 is 0.864 bits per heavy atom. The highest BCUT2D eigenvalue weighted by molar-refractivity contribution is 6.31. The van der Waals surface area contributed by atoms with E-state index >= 15 is 0 Å². The second-order valence-electron chi connectivity index (χ2n) is 4.32. The smallest absolute Gasteiger partial charge is 0.322 e. The zero-order chi connectivity index (χ0) is 15.9. The fourth-order valence-electron chi connectivity index (χ4n) is 1.69. The molecule has 0 fully saturated rings. The van der Waals surface area contributed by atoms with Gasteiger partial charge in [0.2, 0.25) is 0 Å². The van der Waals surface area contributed by atoms with Crippen molar-refractivity contribution in [2.75, 3.05) is 16.0 Å². The number of benzene rings is 2. The molecule has 0 saturated carbocycles. The van der Waals surface area contributed by atoms with E-state index in [0.717, 1.165) is 0 Å². The van der Waals surface area contributed by atoms with Crippen LogP contribution < -0.4 is 16.0 Å². The minimum absolute atomic E-state index is 0.325. The third-order valence-electron chi connectivity index (χ3n) is 2.62. The molecule has 114 valence electrons. The molecule has 22 heavy (non-hydrogen) atoms. The lowest BCUT2D eigenvalue weighted by atomic mass is 10.2. The average molecular weight is 322 g/mol. The average Bonchev–Trinajstić information content (AvgIpc) is 2.48. The first-order valence-corrected chi connectivity index (χ1v) is 6.80. The highest BCUT2D eigenvalue weighted by atomic mass is 35.5. The van der Waals surface area contributed by atoms with E-state index < -0.39 is 17.6 Å². The van der Waals surface area contributed by atoms with Gasteiger partial charge in [-0.05, 0) is 30.3 Å². The number of carbonyl (C=O) groups is 2. The second-order valence-corrected chi connectivity index (χ2v) is 4.70. The van der Waals surface area contributed by atoms with Crippen LogP contribution in [0.15, 0.2) is 54.6 Å². The number of alkyl halides is 2. The number of anilines is 3. The minimum atomic E-state index is -2.13. The molecule has 3 N–H and O–H groups in total. The van der Waals surface area contributed by atoms with Crippen molar-refractivity contribution in [1.82, 2.24) is 0 Å². The molecule has 2 aromatic carbocycles. The predicted molar refractivity (Wildman–Crippen MR) is 84.9 cm³/mol. The van der Waals surface area contributed by atoms with Crippen LogP contribution in [0.5, 0.6) is 0 Å². The summed E-state index contributed by atoms with van der Waals surface area (Å²) in [7, 11) is 0. The standard InChI is InChI=1S/C15H13ClFN3O2/c16-13(17)14(21)18-11-7-4-8-12(9-11)20-15(22)19-10-5-2-1-3-6-10/h1-9,13H,(H,18,21)(H2,19,20,22). The molecule has 1 atom stereocenters. The van der Waals surface area contributed by atoms with Gasteiger partial charge in [0.05, 0.1) is 0 Å². The van der Waals surface area contributed by atoms with E-state index in [1.165, 1.54) is 6.07 Å². The monoisotopic (exact) mass is 321 g/mol. The second kappa shape index (κ2) is 7.42. The van der Waals surface area contributed by atoms with E-state index in [-0.39, 0.29) is 0 Å². The Morgan fingerprint density at radius 3 is 2.05 bits per heavy atom. The maximum atomic E-state index is 12.6. The van der Waals surface area contributed by atoms with E-state index in [0.29, 0.717) is 17.1 Å². The number of rotatable bonds is 4. The van der Waals surface area contributed by atoms with E-state index in [1.807, 2.05) is 6.07 Å². The van der Waals surface area contributed by atoms with Crippen LogP contribution in [0.1, 0.15) is 0 Å². The lowest BCUT2D eigenvalue weighted by molar-refractivity contribution is -0.118. The highest BCUT2D eigenvalue weighted by Gasteiger charge is 2.13. The fraction of sp³-hybridized carbons (Fsp3) is 0.0667. The lowest BCUT2D eigenvalue weighted by Gasteiger charge is -2.10. The summed E-state index contributed by atoms with van der Waals surface area (Å²) in [5.41, 5.74) is -0.716. The number of urea groups is 1. The molecule has 7 heteroatoms. The molecular weight excluding hydrogens is 309 g/mol. The highest BCUT2D eigenvalue weighted by Crippen LogP contribution is 2.16. The van der Waals surface area contributed by atoms with Crippen LogP contribution in [0.4, 0.5) is 26.2 Å². The summed E-state index contributed by atoms with van der Waals surface area (Å²) in [5.74, 6) is -0.965. The van der Waals surface area contributed by atoms with Gasteiger partial charge in [0.1, 0.15) is 0 Å². The first kappa shape index (κ1) is 15.8. The first-order chi connectivity index (χ1) is 10.5. The largest absolute Gasteiger partial charge is 0.323 e.